The Labute approximate surface area is 145 Å². The van der Waals surface area contributed by atoms with E-state index in [4.69, 9.17) is 0 Å². The first-order valence-electron chi connectivity index (χ1n) is 8.71. The summed E-state index contributed by atoms with van der Waals surface area (Å²) in [6.45, 7) is 12.4. The van der Waals surface area contributed by atoms with Gasteiger partial charge >= 0.3 is 0 Å². The molecule has 0 saturated carbocycles. The average Bonchev–Trinajstić information content (AvgIpc) is 2.94. The number of hydrogen-bond donors (Lipinski definition) is 0. The van der Waals surface area contributed by atoms with Crippen molar-refractivity contribution in [2.24, 2.45) is 11.8 Å². The molecule has 0 saturated heterocycles. The topological polar surface area (TPSA) is 38.1 Å². The predicted molar refractivity (Wildman–Crippen MR) is 97.6 cm³/mol. The molecule has 0 N–H and O–H groups in total. The summed E-state index contributed by atoms with van der Waals surface area (Å²) in [4.78, 5) is 19.0. The molecular formula is C20H29N3O. The Morgan fingerprint density at radius 3 is 2.54 bits per heavy atom. The molecule has 0 spiro atoms. The van der Waals surface area contributed by atoms with Crippen LogP contribution in [0.5, 0.6) is 0 Å². The second-order valence-electron chi connectivity index (χ2n) is 7.17. The number of benzene rings is 1. The summed E-state index contributed by atoms with van der Waals surface area (Å²) in [6.07, 6.45) is 3.82. The van der Waals surface area contributed by atoms with Crippen LogP contribution in [0.15, 0.2) is 36.7 Å². The van der Waals surface area contributed by atoms with Crippen LogP contribution in [0.4, 0.5) is 0 Å². The van der Waals surface area contributed by atoms with Gasteiger partial charge in [-0.1, -0.05) is 52.0 Å². The second kappa shape index (κ2) is 8.13. The molecule has 24 heavy (non-hydrogen) atoms. The minimum atomic E-state index is 0.00327. The van der Waals surface area contributed by atoms with Crippen LogP contribution in [-0.4, -0.2) is 26.9 Å². The molecular weight excluding hydrogens is 298 g/mol. The van der Waals surface area contributed by atoms with Crippen molar-refractivity contribution in [3.8, 4) is 0 Å². The molecule has 0 aliphatic rings. The smallest absolute Gasteiger partial charge is 0.225 e. The summed E-state index contributed by atoms with van der Waals surface area (Å²) >= 11 is 0. The van der Waals surface area contributed by atoms with Gasteiger partial charge in [-0.15, -0.1) is 0 Å². The lowest BCUT2D eigenvalue weighted by Crippen LogP contribution is -2.37. The molecule has 1 amide bonds. The molecule has 130 valence electrons. The van der Waals surface area contributed by atoms with Crippen molar-refractivity contribution in [3.63, 3.8) is 0 Å². The monoisotopic (exact) mass is 327 g/mol. The summed E-state index contributed by atoms with van der Waals surface area (Å²) in [5.41, 5.74) is 2.55. The van der Waals surface area contributed by atoms with Gasteiger partial charge in [0.15, 0.2) is 0 Å². The number of aryl methyl sites for hydroxylation is 1. The van der Waals surface area contributed by atoms with Crippen molar-refractivity contribution in [2.45, 2.75) is 47.7 Å². The largest absolute Gasteiger partial charge is 0.335 e. The number of rotatable bonds is 7. The molecule has 2 aromatic rings. The Kier molecular flexibility index (Phi) is 6.18. The predicted octanol–water partition coefficient (Wildman–Crippen LogP) is 3.88. The Hall–Kier alpha value is -2.10. The standard InChI is InChI=1S/C20H29N3O/c1-15(2)12-23(20(24)16(3)4)14-19-21-10-11-22(19)13-18-9-7-6-8-17(18)5/h6-11,15-16H,12-14H2,1-5H3. The second-order valence-corrected chi connectivity index (χ2v) is 7.17. The van der Waals surface area contributed by atoms with E-state index in [1.807, 2.05) is 31.1 Å². The Morgan fingerprint density at radius 1 is 1.21 bits per heavy atom. The van der Waals surface area contributed by atoms with Crippen LogP contribution in [0.3, 0.4) is 0 Å². The van der Waals surface area contributed by atoms with Crippen LogP contribution in [0.2, 0.25) is 0 Å². The zero-order chi connectivity index (χ0) is 17.7. The van der Waals surface area contributed by atoms with Crippen LogP contribution in [0, 0.1) is 18.8 Å². The van der Waals surface area contributed by atoms with Gasteiger partial charge < -0.3 is 9.47 Å². The van der Waals surface area contributed by atoms with Crippen molar-refractivity contribution in [1.82, 2.24) is 14.5 Å². The van der Waals surface area contributed by atoms with Gasteiger partial charge in [-0.3, -0.25) is 4.79 Å². The van der Waals surface area contributed by atoms with E-state index in [1.54, 1.807) is 0 Å². The van der Waals surface area contributed by atoms with E-state index in [2.05, 4.69) is 54.6 Å². The maximum Gasteiger partial charge on any atom is 0.225 e. The van der Waals surface area contributed by atoms with E-state index in [-0.39, 0.29) is 11.8 Å². The van der Waals surface area contributed by atoms with Gasteiger partial charge in [-0.2, -0.15) is 0 Å². The van der Waals surface area contributed by atoms with Crippen LogP contribution in [0.25, 0.3) is 0 Å². The average molecular weight is 327 g/mol. The van der Waals surface area contributed by atoms with Crippen LogP contribution in [0.1, 0.15) is 44.6 Å². The summed E-state index contributed by atoms with van der Waals surface area (Å²) in [6, 6.07) is 8.38. The zero-order valence-electron chi connectivity index (χ0n) is 15.5. The lowest BCUT2D eigenvalue weighted by molar-refractivity contribution is -0.135. The Morgan fingerprint density at radius 2 is 1.92 bits per heavy atom. The number of hydrogen-bond acceptors (Lipinski definition) is 2. The van der Waals surface area contributed by atoms with E-state index in [0.717, 1.165) is 18.9 Å². The van der Waals surface area contributed by atoms with Gasteiger partial charge in [-0.05, 0) is 24.0 Å². The van der Waals surface area contributed by atoms with Crippen molar-refractivity contribution in [2.75, 3.05) is 6.54 Å². The minimum Gasteiger partial charge on any atom is -0.335 e. The maximum atomic E-state index is 12.5. The third-order valence-corrected chi connectivity index (χ3v) is 4.13. The molecule has 1 aromatic carbocycles. The van der Waals surface area contributed by atoms with Crippen LogP contribution >= 0.6 is 0 Å². The first kappa shape index (κ1) is 18.2. The summed E-state index contributed by atoms with van der Waals surface area (Å²) in [7, 11) is 0. The lowest BCUT2D eigenvalue weighted by Gasteiger charge is -2.26. The molecule has 1 aromatic heterocycles. The highest BCUT2D eigenvalue weighted by molar-refractivity contribution is 5.78. The molecule has 1 heterocycles. The zero-order valence-corrected chi connectivity index (χ0v) is 15.5. The molecule has 0 atom stereocenters. The van der Waals surface area contributed by atoms with E-state index in [1.165, 1.54) is 11.1 Å². The third kappa shape index (κ3) is 4.70. The van der Waals surface area contributed by atoms with Crippen molar-refractivity contribution in [1.29, 1.82) is 0 Å². The number of carbonyl (C=O) groups excluding carboxylic acids is 1. The summed E-state index contributed by atoms with van der Waals surface area (Å²) < 4.78 is 2.14. The molecule has 0 aliphatic heterocycles. The molecule has 0 unspecified atom stereocenters. The number of nitrogens with zero attached hydrogens (tertiary/aromatic N) is 3. The van der Waals surface area contributed by atoms with Crippen molar-refractivity contribution >= 4 is 5.91 Å². The number of amides is 1. The molecule has 0 radical (unpaired) electrons. The fourth-order valence-corrected chi connectivity index (χ4v) is 2.82. The van der Waals surface area contributed by atoms with Gasteiger partial charge in [-0.25, -0.2) is 4.98 Å². The highest BCUT2D eigenvalue weighted by Crippen LogP contribution is 2.14. The quantitative estimate of drug-likeness (QED) is 0.774. The number of aromatic nitrogens is 2. The van der Waals surface area contributed by atoms with Crippen LogP contribution < -0.4 is 0 Å². The van der Waals surface area contributed by atoms with E-state index in [0.29, 0.717) is 12.5 Å². The van der Waals surface area contributed by atoms with Gasteiger partial charge in [0.1, 0.15) is 5.82 Å². The normalized spacial score (nSPS) is 11.3. The van der Waals surface area contributed by atoms with E-state index < -0.39 is 0 Å². The fourth-order valence-electron chi connectivity index (χ4n) is 2.82. The number of carbonyl (C=O) groups is 1. The lowest BCUT2D eigenvalue weighted by atomic mass is 10.1. The molecule has 0 fully saturated rings. The Bertz CT molecular complexity index is 673. The minimum absolute atomic E-state index is 0.00327. The highest BCUT2D eigenvalue weighted by Gasteiger charge is 2.20. The molecule has 4 nitrogen and oxygen atoms in total. The molecule has 4 heteroatoms. The number of imidazole rings is 1. The van der Waals surface area contributed by atoms with E-state index >= 15 is 0 Å². The summed E-state index contributed by atoms with van der Waals surface area (Å²) in [5.74, 6) is 1.57. The highest BCUT2D eigenvalue weighted by atomic mass is 16.2. The van der Waals surface area contributed by atoms with Gasteiger partial charge in [0, 0.05) is 31.4 Å². The van der Waals surface area contributed by atoms with Crippen LogP contribution in [-0.2, 0) is 17.9 Å². The van der Waals surface area contributed by atoms with Gasteiger partial charge in [0.2, 0.25) is 5.91 Å². The van der Waals surface area contributed by atoms with E-state index in [9.17, 15) is 4.79 Å². The SMILES string of the molecule is Cc1ccccc1Cn1ccnc1CN(CC(C)C)C(=O)C(C)C. The maximum absolute atomic E-state index is 12.5. The van der Waals surface area contributed by atoms with Crippen molar-refractivity contribution in [3.05, 3.63) is 53.6 Å². The van der Waals surface area contributed by atoms with Crippen molar-refractivity contribution < 1.29 is 4.79 Å². The van der Waals surface area contributed by atoms with Gasteiger partial charge in [0.05, 0.1) is 6.54 Å². The first-order chi connectivity index (χ1) is 11.4. The third-order valence-electron chi connectivity index (χ3n) is 4.13. The van der Waals surface area contributed by atoms with Gasteiger partial charge in [0.25, 0.3) is 0 Å². The summed E-state index contributed by atoms with van der Waals surface area (Å²) in [5, 5.41) is 0. The molecule has 0 bridgehead atoms. The fraction of sp³-hybridized carbons (Fsp3) is 0.500. The molecule has 0 aliphatic carbocycles. The molecule has 2 rings (SSSR count). The first-order valence-corrected chi connectivity index (χ1v) is 8.71. The Balaban J connectivity index is 2.18.